The lowest BCUT2D eigenvalue weighted by atomic mass is 10.1. The first-order valence-corrected chi connectivity index (χ1v) is 6.46. The maximum absolute atomic E-state index is 11.0. The first-order chi connectivity index (χ1) is 11.3. The Morgan fingerprint density at radius 2 is 1.46 bits per heavy atom. The Kier molecular flexibility index (Phi) is 4.60. The normalized spacial score (nSPS) is 11.8. The third kappa shape index (κ3) is 3.38. The molecule has 1 aliphatic heterocycles. The maximum Gasteiger partial charge on any atom is 0.346 e. The SMILES string of the molecule is O=C(O)c1ccc2c(c1)C(=O)OC2=O.O=C(O)c1ccccc1O. The van der Waals surface area contributed by atoms with Gasteiger partial charge in [0.2, 0.25) is 0 Å². The summed E-state index contributed by atoms with van der Waals surface area (Å²) < 4.78 is 4.30. The largest absolute Gasteiger partial charge is 0.507 e. The van der Waals surface area contributed by atoms with Crippen LogP contribution >= 0.6 is 0 Å². The molecular formula is C16H10O8. The van der Waals surface area contributed by atoms with E-state index in [0.717, 1.165) is 6.07 Å². The predicted molar refractivity (Wildman–Crippen MR) is 78.2 cm³/mol. The average molecular weight is 330 g/mol. The summed E-state index contributed by atoms with van der Waals surface area (Å²) in [6, 6.07) is 9.46. The molecule has 0 aromatic heterocycles. The summed E-state index contributed by atoms with van der Waals surface area (Å²) in [5.74, 6) is -4.00. The van der Waals surface area contributed by atoms with Gasteiger partial charge in [-0.3, -0.25) is 0 Å². The molecule has 0 unspecified atom stereocenters. The third-order valence-corrected chi connectivity index (χ3v) is 3.03. The topological polar surface area (TPSA) is 138 Å². The van der Waals surface area contributed by atoms with Gasteiger partial charge in [-0.25, -0.2) is 19.2 Å². The Balaban J connectivity index is 0.000000185. The van der Waals surface area contributed by atoms with Crippen molar-refractivity contribution >= 4 is 23.9 Å². The van der Waals surface area contributed by atoms with E-state index in [1.807, 2.05) is 0 Å². The highest BCUT2D eigenvalue weighted by atomic mass is 16.6. The van der Waals surface area contributed by atoms with E-state index in [1.54, 1.807) is 12.1 Å². The van der Waals surface area contributed by atoms with Crippen molar-refractivity contribution in [1.29, 1.82) is 0 Å². The molecule has 0 atom stereocenters. The first-order valence-electron chi connectivity index (χ1n) is 6.46. The lowest BCUT2D eigenvalue weighted by Crippen LogP contribution is -2.00. The molecule has 0 fully saturated rings. The molecular weight excluding hydrogens is 320 g/mol. The van der Waals surface area contributed by atoms with E-state index in [9.17, 15) is 19.2 Å². The molecule has 0 aliphatic carbocycles. The fourth-order valence-corrected chi connectivity index (χ4v) is 1.87. The molecule has 2 aromatic rings. The monoisotopic (exact) mass is 330 g/mol. The van der Waals surface area contributed by atoms with E-state index in [4.69, 9.17) is 15.3 Å². The molecule has 1 heterocycles. The molecule has 0 saturated carbocycles. The number of carbonyl (C=O) groups is 4. The first kappa shape index (κ1) is 16.7. The van der Waals surface area contributed by atoms with Crippen molar-refractivity contribution in [1.82, 2.24) is 0 Å². The van der Waals surface area contributed by atoms with Crippen LogP contribution in [0.3, 0.4) is 0 Å². The van der Waals surface area contributed by atoms with Gasteiger partial charge in [0.05, 0.1) is 16.7 Å². The Labute approximate surface area is 134 Å². The van der Waals surface area contributed by atoms with Crippen LogP contribution in [0.5, 0.6) is 5.75 Å². The van der Waals surface area contributed by atoms with Gasteiger partial charge in [0, 0.05) is 0 Å². The van der Waals surface area contributed by atoms with Crippen molar-refractivity contribution in [2.75, 3.05) is 0 Å². The molecule has 1 aliphatic rings. The highest BCUT2D eigenvalue weighted by molar-refractivity contribution is 6.15. The van der Waals surface area contributed by atoms with Gasteiger partial charge in [-0.1, -0.05) is 12.1 Å². The quantitative estimate of drug-likeness (QED) is 0.559. The molecule has 0 amide bonds. The number of carbonyl (C=O) groups excluding carboxylic acids is 2. The summed E-state index contributed by atoms with van der Waals surface area (Å²) >= 11 is 0. The molecule has 0 bridgehead atoms. The molecule has 122 valence electrons. The van der Waals surface area contributed by atoms with E-state index < -0.39 is 23.9 Å². The van der Waals surface area contributed by atoms with E-state index >= 15 is 0 Å². The standard InChI is InChI=1S/C9H4O5.C7H6O3/c10-7(11)4-1-2-5-6(3-4)9(13)14-8(5)12;8-6-4-2-1-3-5(6)7(9)10/h1-3H,(H,10,11);1-4,8H,(H,9,10). The van der Waals surface area contributed by atoms with E-state index in [-0.39, 0.29) is 28.0 Å². The van der Waals surface area contributed by atoms with E-state index in [1.165, 1.54) is 24.3 Å². The lowest BCUT2D eigenvalue weighted by Gasteiger charge is -1.95. The number of para-hydroxylation sites is 1. The number of esters is 2. The third-order valence-electron chi connectivity index (χ3n) is 3.03. The van der Waals surface area contributed by atoms with Crippen LogP contribution in [0.2, 0.25) is 0 Å². The number of hydrogen-bond donors (Lipinski definition) is 3. The van der Waals surface area contributed by atoms with E-state index in [2.05, 4.69) is 4.74 Å². The molecule has 0 radical (unpaired) electrons. The zero-order valence-corrected chi connectivity index (χ0v) is 11.9. The van der Waals surface area contributed by atoms with Crippen LogP contribution in [0.15, 0.2) is 42.5 Å². The smallest absolute Gasteiger partial charge is 0.346 e. The number of aromatic carboxylic acids is 2. The van der Waals surface area contributed by atoms with Crippen molar-refractivity contribution in [2.45, 2.75) is 0 Å². The highest BCUT2D eigenvalue weighted by Crippen LogP contribution is 2.21. The number of ether oxygens (including phenoxy) is 1. The highest BCUT2D eigenvalue weighted by Gasteiger charge is 2.30. The summed E-state index contributed by atoms with van der Waals surface area (Å²) in [5.41, 5.74) is 0.00722. The summed E-state index contributed by atoms with van der Waals surface area (Å²) in [4.78, 5) is 42.8. The van der Waals surface area contributed by atoms with E-state index in [0.29, 0.717) is 0 Å². The second kappa shape index (κ2) is 6.61. The molecule has 3 N–H and O–H groups in total. The van der Waals surface area contributed by atoms with Crippen molar-refractivity contribution in [3.63, 3.8) is 0 Å². The minimum absolute atomic E-state index is 0.00917. The minimum Gasteiger partial charge on any atom is -0.507 e. The van der Waals surface area contributed by atoms with Crippen LogP contribution in [0.4, 0.5) is 0 Å². The number of phenols is 1. The van der Waals surface area contributed by atoms with Gasteiger partial charge in [0.15, 0.2) is 0 Å². The van der Waals surface area contributed by atoms with Crippen molar-refractivity contribution < 1.29 is 39.2 Å². The van der Waals surface area contributed by atoms with Crippen LogP contribution in [0.25, 0.3) is 0 Å². The lowest BCUT2D eigenvalue weighted by molar-refractivity contribution is 0.0442. The fourth-order valence-electron chi connectivity index (χ4n) is 1.87. The molecule has 8 nitrogen and oxygen atoms in total. The van der Waals surface area contributed by atoms with Crippen LogP contribution in [0, 0.1) is 0 Å². The Bertz CT molecular complexity index is 853. The van der Waals surface area contributed by atoms with Crippen molar-refractivity contribution in [2.24, 2.45) is 0 Å². The number of cyclic esters (lactones) is 2. The summed E-state index contributed by atoms with van der Waals surface area (Å²) in [5, 5.41) is 25.9. The van der Waals surface area contributed by atoms with Crippen molar-refractivity contribution in [3.8, 4) is 5.75 Å². The second-order valence-corrected chi connectivity index (χ2v) is 4.56. The number of carboxylic acid groups (broad SMARTS) is 2. The predicted octanol–water partition coefficient (Wildman–Crippen LogP) is 1.79. The van der Waals surface area contributed by atoms with Crippen LogP contribution in [0.1, 0.15) is 41.4 Å². The summed E-state index contributed by atoms with van der Waals surface area (Å²) in [7, 11) is 0. The second-order valence-electron chi connectivity index (χ2n) is 4.56. The minimum atomic E-state index is -1.15. The maximum atomic E-state index is 11.0. The molecule has 3 rings (SSSR count). The number of carboxylic acids is 2. The number of hydrogen-bond acceptors (Lipinski definition) is 6. The number of rotatable bonds is 2. The van der Waals surface area contributed by atoms with Gasteiger partial charge in [-0.2, -0.15) is 0 Å². The van der Waals surface area contributed by atoms with Crippen LogP contribution in [-0.2, 0) is 4.74 Å². The molecule has 2 aromatic carbocycles. The number of benzene rings is 2. The van der Waals surface area contributed by atoms with Gasteiger partial charge >= 0.3 is 23.9 Å². The zero-order valence-electron chi connectivity index (χ0n) is 11.9. The summed E-state index contributed by atoms with van der Waals surface area (Å²) in [6.07, 6.45) is 0. The van der Waals surface area contributed by atoms with Gasteiger partial charge in [0.25, 0.3) is 0 Å². The van der Waals surface area contributed by atoms with Crippen LogP contribution in [-0.4, -0.2) is 39.2 Å². The summed E-state index contributed by atoms with van der Waals surface area (Å²) in [6.45, 7) is 0. The molecule has 24 heavy (non-hydrogen) atoms. The molecule has 0 saturated heterocycles. The number of fused-ring (bicyclic) bond motifs is 1. The number of aromatic hydroxyl groups is 1. The Hall–Kier alpha value is -3.68. The zero-order chi connectivity index (χ0) is 17.9. The van der Waals surface area contributed by atoms with Gasteiger partial charge < -0.3 is 20.1 Å². The van der Waals surface area contributed by atoms with Gasteiger partial charge in [-0.05, 0) is 30.3 Å². The Morgan fingerprint density at radius 3 is 2.00 bits per heavy atom. The van der Waals surface area contributed by atoms with Gasteiger partial charge in [0.1, 0.15) is 11.3 Å². The van der Waals surface area contributed by atoms with Crippen LogP contribution < -0.4 is 0 Å². The van der Waals surface area contributed by atoms with Crippen molar-refractivity contribution in [3.05, 3.63) is 64.7 Å². The Morgan fingerprint density at radius 1 is 0.833 bits per heavy atom. The molecule has 0 spiro atoms. The fraction of sp³-hybridized carbons (Fsp3) is 0. The average Bonchev–Trinajstić information content (AvgIpc) is 2.82. The van der Waals surface area contributed by atoms with Gasteiger partial charge in [-0.15, -0.1) is 0 Å². The molecule has 8 heteroatoms.